The molecule has 1 N–H and O–H groups in total. The van der Waals surface area contributed by atoms with Crippen LogP contribution in [0.2, 0.25) is 0 Å². The molecule has 0 saturated carbocycles. The van der Waals surface area contributed by atoms with E-state index in [1.165, 1.54) is 18.2 Å². The summed E-state index contributed by atoms with van der Waals surface area (Å²) < 4.78 is 13.2. The number of hydrogen-bond acceptors (Lipinski definition) is 4. The molecule has 0 bridgehead atoms. The van der Waals surface area contributed by atoms with Gasteiger partial charge in [0.05, 0.1) is 11.4 Å². The molecule has 1 amide bonds. The van der Waals surface area contributed by atoms with Gasteiger partial charge in [0.15, 0.2) is 5.82 Å². The van der Waals surface area contributed by atoms with Gasteiger partial charge < -0.3 is 4.90 Å². The van der Waals surface area contributed by atoms with Crippen molar-refractivity contribution in [3.63, 3.8) is 0 Å². The molecular formula is C20H18FN5O. The molecule has 1 saturated heterocycles. The fourth-order valence-corrected chi connectivity index (χ4v) is 3.37. The molecule has 1 fully saturated rings. The predicted octanol–water partition coefficient (Wildman–Crippen LogP) is 3.17. The van der Waals surface area contributed by atoms with E-state index in [-0.39, 0.29) is 17.6 Å². The Kier molecular flexibility index (Phi) is 4.50. The van der Waals surface area contributed by atoms with Gasteiger partial charge in [-0.25, -0.2) is 14.4 Å². The number of likely N-dealkylation sites (tertiary alicyclic amines) is 1. The summed E-state index contributed by atoms with van der Waals surface area (Å²) >= 11 is 0. The first-order valence-corrected chi connectivity index (χ1v) is 8.69. The molecule has 3 heterocycles. The summed E-state index contributed by atoms with van der Waals surface area (Å²) in [6.07, 6.45) is 5.64. The van der Waals surface area contributed by atoms with Crippen LogP contribution in [0.1, 0.15) is 17.9 Å². The van der Waals surface area contributed by atoms with Crippen LogP contribution in [-0.4, -0.2) is 44.1 Å². The monoisotopic (exact) mass is 363 g/mol. The topological polar surface area (TPSA) is 74.8 Å². The Labute approximate surface area is 155 Å². The van der Waals surface area contributed by atoms with Gasteiger partial charge in [0, 0.05) is 42.5 Å². The predicted molar refractivity (Wildman–Crippen MR) is 99.1 cm³/mol. The first kappa shape index (κ1) is 17.1. The van der Waals surface area contributed by atoms with Crippen molar-refractivity contribution in [2.45, 2.75) is 12.3 Å². The Bertz CT molecular complexity index is 969. The molecule has 4 rings (SSSR count). The van der Waals surface area contributed by atoms with E-state index in [0.717, 1.165) is 28.9 Å². The third kappa shape index (κ3) is 3.36. The van der Waals surface area contributed by atoms with Gasteiger partial charge in [-0.3, -0.25) is 9.89 Å². The number of rotatable bonds is 4. The van der Waals surface area contributed by atoms with Crippen molar-refractivity contribution in [3.05, 3.63) is 66.8 Å². The van der Waals surface area contributed by atoms with Gasteiger partial charge >= 0.3 is 0 Å². The molecule has 0 aliphatic carbocycles. The third-order valence-corrected chi connectivity index (χ3v) is 4.79. The van der Waals surface area contributed by atoms with Crippen LogP contribution in [0, 0.1) is 5.82 Å². The molecule has 1 aliphatic heterocycles. The summed E-state index contributed by atoms with van der Waals surface area (Å²) in [6.45, 7) is 4.84. The number of benzene rings is 1. The van der Waals surface area contributed by atoms with Gasteiger partial charge in [-0.05, 0) is 42.8 Å². The van der Waals surface area contributed by atoms with E-state index in [0.29, 0.717) is 18.9 Å². The Hall–Kier alpha value is -3.35. The molecule has 1 unspecified atom stereocenters. The van der Waals surface area contributed by atoms with E-state index in [1.54, 1.807) is 29.4 Å². The molecule has 2 aromatic heterocycles. The van der Waals surface area contributed by atoms with Crippen molar-refractivity contribution in [2.75, 3.05) is 13.1 Å². The second-order valence-electron chi connectivity index (χ2n) is 6.45. The van der Waals surface area contributed by atoms with Gasteiger partial charge in [-0.2, -0.15) is 5.10 Å². The number of carbonyl (C=O) groups is 1. The number of halogens is 1. The molecular weight excluding hydrogens is 345 g/mol. The van der Waals surface area contributed by atoms with Gasteiger partial charge in [-0.1, -0.05) is 6.58 Å². The number of carbonyl (C=O) groups excluding carboxylic acids is 1. The number of nitrogens with one attached hydrogen (secondary N) is 1. The van der Waals surface area contributed by atoms with Crippen LogP contribution in [0.25, 0.3) is 22.8 Å². The van der Waals surface area contributed by atoms with E-state index in [9.17, 15) is 9.18 Å². The SMILES string of the molecule is C=CC(=O)N1CCC(c2cnc(-c3ccc(F)cc3)nc2-c2ccn[nH]2)C1. The number of hydrogen-bond donors (Lipinski definition) is 1. The summed E-state index contributed by atoms with van der Waals surface area (Å²) in [7, 11) is 0. The van der Waals surface area contributed by atoms with Gasteiger partial charge in [0.2, 0.25) is 5.91 Å². The minimum absolute atomic E-state index is 0.0653. The van der Waals surface area contributed by atoms with Crippen LogP contribution in [0.5, 0.6) is 0 Å². The zero-order valence-corrected chi connectivity index (χ0v) is 14.6. The first-order chi connectivity index (χ1) is 13.2. The largest absolute Gasteiger partial charge is 0.339 e. The van der Waals surface area contributed by atoms with Gasteiger partial charge in [0.1, 0.15) is 5.82 Å². The number of aromatic amines is 1. The van der Waals surface area contributed by atoms with E-state index < -0.39 is 0 Å². The fourth-order valence-electron chi connectivity index (χ4n) is 3.37. The van der Waals surface area contributed by atoms with Crippen LogP contribution in [-0.2, 0) is 4.79 Å². The fraction of sp³-hybridized carbons (Fsp3) is 0.200. The molecule has 27 heavy (non-hydrogen) atoms. The summed E-state index contributed by atoms with van der Waals surface area (Å²) in [6, 6.07) is 7.93. The molecule has 3 aromatic rings. The minimum Gasteiger partial charge on any atom is -0.339 e. The summed E-state index contributed by atoms with van der Waals surface area (Å²) in [4.78, 5) is 22.9. The lowest BCUT2D eigenvalue weighted by atomic mass is 9.96. The number of amides is 1. The molecule has 1 aromatic carbocycles. The smallest absolute Gasteiger partial charge is 0.245 e. The average molecular weight is 363 g/mol. The van der Waals surface area contributed by atoms with Crippen molar-refractivity contribution >= 4 is 5.91 Å². The molecule has 0 radical (unpaired) electrons. The second kappa shape index (κ2) is 7.11. The Morgan fingerprint density at radius 3 is 2.81 bits per heavy atom. The number of H-pyrrole nitrogens is 1. The molecule has 7 heteroatoms. The van der Waals surface area contributed by atoms with E-state index in [2.05, 4.69) is 21.8 Å². The third-order valence-electron chi connectivity index (χ3n) is 4.79. The van der Waals surface area contributed by atoms with Crippen LogP contribution < -0.4 is 0 Å². The van der Waals surface area contributed by atoms with Gasteiger partial charge in [0.25, 0.3) is 0 Å². The highest BCUT2D eigenvalue weighted by Gasteiger charge is 2.29. The summed E-state index contributed by atoms with van der Waals surface area (Å²) in [5, 5.41) is 6.98. The minimum atomic E-state index is -0.304. The van der Waals surface area contributed by atoms with E-state index >= 15 is 0 Å². The lowest BCUT2D eigenvalue weighted by Gasteiger charge is -2.16. The van der Waals surface area contributed by atoms with Crippen molar-refractivity contribution in [3.8, 4) is 22.8 Å². The summed E-state index contributed by atoms with van der Waals surface area (Å²) in [5.41, 5.74) is 3.23. The lowest BCUT2D eigenvalue weighted by molar-refractivity contribution is -0.125. The van der Waals surface area contributed by atoms with Crippen molar-refractivity contribution in [2.24, 2.45) is 0 Å². The standard InChI is InChI=1S/C20H18FN5O/c1-2-18(27)26-10-8-14(12-26)16-11-22-20(13-3-5-15(21)6-4-13)24-19(16)17-7-9-23-25-17/h2-7,9,11,14H,1,8,10,12H2,(H,23,25). The van der Waals surface area contributed by atoms with Crippen LogP contribution in [0.3, 0.4) is 0 Å². The van der Waals surface area contributed by atoms with Crippen molar-refractivity contribution < 1.29 is 9.18 Å². The Morgan fingerprint density at radius 1 is 1.30 bits per heavy atom. The first-order valence-electron chi connectivity index (χ1n) is 8.69. The zero-order valence-electron chi connectivity index (χ0n) is 14.6. The average Bonchev–Trinajstić information content (AvgIpc) is 3.39. The van der Waals surface area contributed by atoms with Crippen molar-refractivity contribution in [1.82, 2.24) is 25.1 Å². The Morgan fingerprint density at radius 2 is 2.11 bits per heavy atom. The van der Waals surface area contributed by atoms with Crippen LogP contribution >= 0.6 is 0 Å². The highest BCUT2D eigenvalue weighted by Crippen LogP contribution is 2.33. The van der Waals surface area contributed by atoms with Crippen LogP contribution in [0.4, 0.5) is 4.39 Å². The van der Waals surface area contributed by atoms with E-state index in [1.807, 2.05) is 6.07 Å². The maximum Gasteiger partial charge on any atom is 0.245 e. The van der Waals surface area contributed by atoms with E-state index in [4.69, 9.17) is 4.98 Å². The van der Waals surface area contributed by atoms with Crippen LogP contribution in [0.15, 0.2) is 55.4 Å². The molecule has 0 spiro atoms. The highest BCUT2D eigenvalue weighted by atomic mass is 19.1. The normalized spacial score (nSPS) is 16.5. The Balaban J connectivity index is 1.73. The quantitative estimate of drug-likeness (QED) is 0.723. The number of nitrogens with zero attached hydrogens (tertiary/aromatic N) is 4. The highest BCUT2D eigenvalue weighted by molar-refractivity contribution is 5.87. The van der Waals surface area contributed by atoms with Gasteiger partial charge in [-0.15, -0.1) is 0 Å². The zero-order chi connectivity index (χ0) is 18.8. The summed E-state index contributed by atoms with van der Waals surface area (Å²) in [5.74, 6) is 0.279. The van der Waals surface area contributed by atoms with Crippen molar-refractivity contribution in [1.29, 1.82) is 0 Å². The second-order valence-corrected chi connectivity index (χ2v) is 6.45. The lowest BCUT2D eigenvalue weighted by Crippen LogP contribution is -2.26. The molecule has 1 aliphatic rings. The molecule has 6 nitrogen and oxygen atoms in total. The maximum absolute atomic E-state index is 13.2. The molecule has 1 atom stereocenters. The maximum atomic E-state index is 13.2. The molecule has 136 valence electrons. The number of aromatic nitrogens is 4.